The van der Waals surface area contributed by atoms with Crippen molar-refractivity contribution in [3.8, 4) is 6.07 Å². The summed E-state index contributed by atoms with van der Waals surface area (Å²) in [5.74, 6) is -2.21. The predicted molar refractivity (Wildman–Crippen MR) is 147 cm³/mol. The Kier molecular flexibility index (Phi) is 8.72. The van der Waals surface area contributed by atoms with Crippen LogP contribution in [-0.4, -0.2) is 28.1 Å². The predicted octanol–water partition coefficient (Wildman–Crippen LogP) is 5.86. The second kappa shape index (κ2) is 12.0. The topological polar surface area (TPSA) is 119 Å². The maximum atomic E-state index is 13.2. The number of hydrogen-bond acceptors (Lipinski definition) is 6. The zero-order chi connectivity index (χ0) is 26.5. The molecule has 3 N–H and O–H groups in total. The van der Waals surface area contributed by atoms with Crippen LogP contribution in [0.3, 0.4) is 0 Å². The van der Waals surface area contributed by atoms with Gasteiger partial charge in [-0.3, -0.25) is 14.4 Å². The van der Waals surface area contributed by atoms with Crippen LogP contribution < -0.4 is 10.6 Å². The molecule has 1 heterocycles. The van der Waals surface area contributed by atoms with Gasteiger partial charge < -0.3 is 15.7 Å². The molecule has 2 aliphatic rings. The van der Waals surface area contributed by atoms with Gasteiger partial charge >= 0.3 is 5.97 Å². The maximum Gasteiger partial charge on any atom is 0.307 e. The third-order valence-corrected chi connectivity index (χ3v) is 9.52. The number of carboxylic acid groups (broad SMARTS) is 1. The molecule has 4 unspecified atom stereocenters. The molecule has 0 bridgehead atoms. The Balaban J connectivity index is 1.43. The van der Waals surface area contributed by atoms with E-state index in [-0.39, 0.29) is 17.1 Å². The molecule has 4 rings (SSSR count). The molecule has 7 nitrogen and oxygen atoms in total. The molecule has 194 valence electrons. The number of anilines is 2. The smallest absolute Gasteiger partial charge is 0.307 e. The summed E-state index contributed by atoms with van der Waals surface area (Å²) in [7, 11) is 0. The van der Waals surface area contributed by atoms with E-state index < -0.39 is 17.8 Å². The number of fused-ring (bicyclic) bond motifs is 1. The number of thioether (sulfide) groups is 1. The lowest BCUT2D eigenvalue weighted by Gasteiger charge is -2.24. The standard InChI is InChI=1S/C28H31N3O4S2/c1-3-23(26(33)31-27-22(15-29)19-12-11-16(2)13-24(19)37-27)36-18-8-6-7-17(14-18)30-25(32)20-9-4-5-10-21(20)28(34)35/h4-8,14,16,20-21,23H,3,9-13H2,1-2H3,(H,30,32)(H,31,33)(H,34,35). The summed E-state index contributed by atoms with van der Waals surface area (Å²) in [6.45, 7) is 4.15. The second-order valence-electron chi connectivity index (χ2n) is 9.68. The van der Waals surface area contributed by atoms with Crippen LogP contribution >= 0.6 is 23.1 Å². The van der Waals surface area contributed by atoms with Gasteiger partial charge in [-0.15, -0.1) is 23.1 Å². The zero-order valence-corrected chi connectivity index (χ0v) is 22.6. The van der Waals surface area contributed by atoms with Gasteiger partial charge in [0.1, 0.15) is 11.1 Å². The number of nitriles is 1. The van der Waals surface area contributed by atoms with Gasteiger partial charge in [-0.25, -0.2) is 0 Å². The molecule has 2 amide bonds. The number of hydrogen-bond donors (Lipinski definition) is 3. The number of thiophene rings is 1. The SMILES string of the molecule is CCC(Sc1cccc(NC(=O)C2CC=CCC2C(=O)O)c1)C(=O)Nc1sc2c(c1C#N)CCC(C)C2. The Bertz CT molecular complexity index is 1260. The third kappa shape index (κ3) is 6.25. The Hall–Kier alpha value is -3.09. The van der Waals surface area contributed by atoms with E-state index in [1.54, 1.807) is 24.3 Å². The van der Waals surface area contributed by atoms with E-state index in [4.69, 9.17) is 0 Å². The van der Waals surface area contributed by atoms with Crippen molar-refractivity contribution in [3.05, 3.63) is 52.4 Å². The fourth-order valence-corrected chi connectivity index (χ4v) is 7.27. The molecule has 0 fully saturated rings. The van der Waals surface area contributed by atoms with Crippen molar-refractivity contribution in [2.45, 2.75) is 62.5 Å². The van der Waals surface area contributed by atoms with Crippen LogP contribution in [0.25, 0.3) is 0 Å². The molecule has 0 saturated carbocycles. The first-order chi connectivity index (χ1) is 17.8. The average Bonchev–Trinajstić information content (AvgIpc) is 3.22. The van der Waals surface area contributed by atoms with E-state index in [0.717, 1.165) is 29.7 Å². The van der Waals surface area contributed by atoms with Gasteiger partial charge in [0.05, 0.1) is 22.6 Å². The number of carbonyl (C=O) groups excluding carboxylic acids is 2. The monoisotopic (exact) mass is 537 g/mol. The van der Waals surface area contributed by atoms with Crippen molar-refractivity contribution < 1.29 is 19.5 Å². The van der Waals surface area contributed by atoms with E-state index in [2.05, 4.69) is 23.6 Å². The van der Waals surface area contributed by atoms with E-state index in [1.807, 2.05) is 19.1 Å². The van der Waals surface area contributed by atoms with Crippen molar-refractivity contribution in [3.63, 3.8) is 0 Å². The van der Waals surface area contributed by atoms with Crippen LogP contribution in [0.1, 0.15) is 55.5 Å². The molecule has 0 spiro atoms. The molecule has 37 heavy (non-hydrogen) atoms. The number of nitrogens with zero attached hydrogens (tertiary/aromatic N) is 1. The summed E-state index contributed by atoms with van der Waals surface area (Å²) in [5, 5.41) is 25.4. The number of benzene rings is 1. The molecule has 0 saturated heterocycles. The van der Waals surface area contributed by atoms with Gasteiger partial charge in [0.25, 0.3) is 0 Å². The zero-order valence-electron chi connectivity index (χ0n) is 21.0. The van der Waals surface area contributed by atoms with Crippen LogP contribution in [0.4, 0.5) is 10.7 Å². The van der Waals surface area contributed by atoms with E-state index >= 15 is 0 Å². The quantitative estimate of drug-likeness (QED) is 0.287. The molecule has 9 heteroatoms. The molecule has 1 aromatic carbocycles. The summed E-state index contributed by atoms with van der Waals surface area (Å²) in [5.41, 5.74) is 2.25. The van der Waals surface area contributed by atoms with Gasteiger partial charge in [0, 0.05) is 15.5 Å². The second-order valence-corrected chi connectivity index (χ2v) is 12.1. The molecular weight excluding hydrogens is 506 g/mol. The van der Waals surface area contributed by atoms with Crippen molar-refractivity contribution in [1.29, 1.82) is 5.26 Å². The highest BCUT2D eigenvalue weighted by Gasteiger charge is 2.34. The lowest BCUT2D eigenvalue weighted by molar-refractivity contribution is -0.146. The van der Waals surface area contributed by atoms with Crippen LogP contribution in [0.15, 0.2) is 41.3 Å². The number of carboxylic acids is 1. The number of nitrogens with one attached hydrogen (secondary N) is 2. The van der Waals surface area contributed by atoms with Gasteiger partial charge in [-0.05, 0) is 68.2 Å². The average molecular weight is 538 g/mol. The minimum atomic E-state index is -0.966. The highest BCUT2D eigenvalue weighted by Crippen LogP contribution is 2.40. The van der Waals surface area contributed by atoms with Crippen molar-refractivity contribution in [2.75, 3.05) is 10.6 Å². The van der Waals surface area contributed by atoms with Gasteiger partial charge in [-0.2, -0.15) is 5.26 Å². The molecular formula is C28H31N3O4S2. The van der Waals surface area contributed by atoms with Gasteiger partial charge in [0.2, 0.25) is 11.8 Å². The first kappa shape index (κ1) is 27.0. The summed E-state index contributed by atoms with van der Waals surface area (Å²) >= 11 is 2.92. The highest BCUT2D eigenvalue weighted by molar-refractivity contribution is 8.00. The number of allylic oxidation sites excluding steroid dienone is 2. The van der Waals surface area contributed by atoms with Gasteiger partial charge in [0.15, 0.2) is 0 Å². The summed E-state index contributed by atoms with van der Waals surface area (Å²) in [6.07, 6.45) is 7.86. The first-order valence-corrected chi connectivity index (χ1v) is 14.3. The summed E-state index contributed by atoms with van der Waals surface area (Å²) in [4.78, 5) is 39.6. The number of amides is 2. The highest BCUT2D eigenvalue weighted by atomic mass is 32.2. The first-order valence-electron chi connectivity index (χ1n) is 12.6. The number of aliphatic carboxylic acids is 1. The van der Waals surface area contributed by atoms with Crippen LogP contribution in [0, 0.1) is 29.1 Å². The van der Waals surface area contributed by atoms with Crippen molar-refractivity contribution >= 4 is 51.6 Å². The van der Waals surface area contributed by atoms with Crippen molar-refractivity contribution in [1.82, 2.24) is 0 Å². The fraction of sp³-hybridized carbons (Fsp3) is 0.429. The molecule has 1 aromatic heterocycles. The minimum Gasteiger partial charge on any atom is -0.481 e. The van der Waals surface area contributed by atoms with E-state index in [9.17, 15) is 24.8 Å². The number of carbonyl (C=O) groups is 3. The van der Waals surface area contributed by atoms with Gasteiger partial charge in [-0.1, -0.05) is 32.1 Å². The molecule has 4 atom stereocenters. The van der Waals surface area contributed by atoms with Crippen LogP contribution in [-0.2, 0) is 27.2 Å². The Labute approximate surface area is 225 Å². The molecule has 2 aromatic rings. The summed E-state index contributed by atoms with van der Waals surface area (Å²) < 4.78 is 0. The van der Waals surface area contributed by atoms with Crippen LogP contribution in [0.5, 0.6) is 0 Å². The minimum absolute atomic E-state index is 0.150. The molecule has 0 radical (unpaired) electrons. The summed E-state index contributed by atoms with van der Waals surface area (Å²) in [6, 6.07) is 9.55. The molecule has 0 aliphatic heterocycles. The Morgan fingerprint density at radius 3 is 2.68 bits per heavy atom. The third-order valence-electron chi connectivity index (χ3n) is 6.99. The lowest BCUT2D eigenvalue weighted by Crippen LogP contribution is -2.34. The van der Waals surface area contributed by atoms with Crippen molar-refractivity contribution in [2.24, 2.45) is 17.8 Å². The largest absolute Gasteiger partial charge is 0.481 e. The number of rotatable bonds is 8. The lowest BCUT2D eigenvalue weighted by atomic mass is 9.82. The normalized spacial score (nSPS) is 21.4. The Morgan fingerprint density at radius 2 is 1.97 bits per heavy atom. The maximum absolute atomic E-state index is 13.2. The Morgan fingerprint density at radius 1 is 1.22 bits per heavy atom. The van der Waals surface area contributed by atoms with E-state index in [1.165, 1.54) is 28.0 Å². The molecule has 2 aliphatic carbocycles. The fourth-order valence-electron chi connectivity index (χ4n) is 4.90. The van der Waals surface area contributed by atoms with Crippen LogP contribution in [0.2, 0.25) is 0 Å². The van der Waals surface area contributed by atoms with E-state index in [0.29, 0.717) is 41.4 Å².